The van der Waals surface area contributed by atoms with Crippen molar-refractivity contribution >= 4 is 11.9 Å². The van der Waals surface area contributed by atoms with E-state index in [9.17, 15) is 19.1 Å². The van der Waals surface area contributed by atoms with Crippen molar-refractivity contribution in [2.45, 2.75) is 11.8 Å². The van der Waals surface area contributed by atoms with Crippen molar-refractivity contribution in [3.63, 3.8) is 0 Å². The first-order valence-electron chi connectivity index (χ1n) is 6.24. The van der Waals surface area contributed by atoms with Gasteiger partial charge in [0.25, 0.3) is 0 Å². The summed E-state index contributed by atoms with van der Waals surface area (Å²) in [6.45, 7) is 0. The lowest BCUT2D eigenvalue weighted by Gasteiger charge is -2.29. The van der Waals surface area contributed by atoms with Crippen molar-refractivity contribution in [1.29, 1.82) is 0 Å². The molecule has 0 aliphatic heterocycles. The maximum atomic E-state index is 14.1. The number of rotatable bonds is 5. The molecule has 0 aromatic heterocycles. The summed E-state index contributed by atoms with van der Waals surface area (Å²) < 4.78 is 14.1. The van der Waals surface area contributed by atoms with Crippen LogP contribution in [0.3, 0.4) is 0 Å². The molecule has 5 heteroatoms. The lowest BCUT2D eigenvalue weighted by atomic mass is 9.72. The SMILES string of the molecule is O=C(O)CC(C(=O)O)(c1ccccc1)c1ccccc1F. The van der Waals surface area contributed by atoms with E-state index >= 15 is 0 Å². The highest BCUT2D eigenvalue weighted by molar-refractivity contribution is 5.91. The third-order valence-electron chi connectivity index (χ3n) is 3.38. The molecule has 0 radical (unpaired) electrons. The number of halogens is 1. The van der Waals surface area contributed by atoms with Crippen LogP contribution in [-0.4, -0.2) is 22.2 Å². The number of benzene rings is 2. The number of aliphatic carboxylic acids is 2. The molecule has 4 nitrogen and oxygen atoms in total. The first-order chi connectivity index (χ1) is 9.98. The summed E-state index contributed by atoms with van der Waals surface area (Å²) in [5, 5.41) is 18.8. The Balaban J connectivity index is 2.77. The molecule has 0 saturated carbocycles. The zero-order chi connectivity index (χ0) is 15.5. The lowest BCUT2D eigenvalue weighted by molar-refractivity contribution is -0.148. The maximum absolute atomic E-state index is 14.1. The standard InChI is InChI=1S/C16H13FO4/c17-13-9-5-4-8-12(13)16(15(20)21,10-14(18)19)11-6-2-1-3-7-11/h1-9H,10H2,(H,18,19)(H,20,21). The van der Waals surface area contributed by atoms with Gasteiger partial charge in [-0.2, -0.15) is 0 Å². The molecule has 0 saturated heterocycles. The molecular formula is C16H13FO4. The van der Waals surface area contributed by atoms with E-state index in [0.29, 0.717) is 0 Å². The van der Waals surface area contributed by atoms with Gasteiger partial charge in [-0.3, -0.25) is 9.59 Å². The number of carboxylic acid groups (broad SMARTS) is 2. The van der Waals surface area contributed by atoms with Gasteiger partial charge in [-0.25, -0.2) is 4.39 Å². The summed E-state index contributed by atoms with van der Waals surface area (Å²) in [6, 6.07) is 13.2. The minimum Gasteiger partial charge on any atom is -0.481 e. The normalized spacial score (nSPS) is 13.4. The van der Waals surface area contributed by atoms with Gasteiger partial charge in [-0.1, -0.05) is 48.5 Å². The monoisotopic (exact) mass is 288 g/mol. The topological polar surface area (TPSA) is 74.6 Å². The van der Waals surface area contributed by atoms with Crippen LogP contribution in [0.25, 0.3) is 0 Å². The fourth-order valence-electron chi connectivity index (χ4n) is 2.42. The summed E-state index contributed by atoms with van der Waals surface area (Å²) >= 11 is 0. The van der Waals surface area contributed by atoms with E-state index in [1.165, 1.54) is 30.3 Å². The smallest absolute Gasteiger partial charge is 0.319 e. The van der Waals surface area contributed by atoms with E-state index in [1.54, 1.807) is 18.2 Å². The van der Waals surface area contributed by atoms with Gasteiger partial charge in [0.15, 0.2) is 0 Å². The van der Waals surface area contributed by atoms with Gasteiger partial charge in [-0.15, -0.1) is 0 Å². The van der Waals surface area contributed by atoms with Crippen molar-refractivity contribution in [1.82, 2.24) is 0 Å². The van der Waals surface area contributed by atoms with Crippen LogP contribution in [0.2, 0.25) is 0 Å². The molecule has 1 unspecified atom stereocenters. The molecule has 2 aromatic rings. The highest BCUT2D eigenvalue weighted by Gasteiger charge is 2.46. The van der Waals surface area contributed by atoms with E-state index in [4.69, 9.17) is 5.11 Å². The van der Waals surface area contributed by atoms with Gasteiger partial charge >= 0.3 is 11.9 Å². The molecule has 0 spiro atoms. The summed E-state index contributed by atoms with van der Waals surface area (Å²) in [5.74, 6) is -3.46. The second kappa shape index (κ2) is 5.75. The molecule has 108 valence electrons. The Morgan fingerprint density at radius 1 is 0.952 bits per heavy atom. The minimum atomic E-state index is -1.96. The van der Waals surface area contributed by atoms with Crippen molar-refractivity contribution in [3.8, 4) is 0 Å². The Kier molecular flexibility index (Phi) is 4.03. The maximum Gasteiger partial charge on any atom is 0.319 e. The summed E-state index contributed by atoms with van der Waals surface area (Å²) in [6.07, 6.45) is -0.743. The third-order valence-corrected chi connectivity index (χ3v) is 3.38. The van der Waals surface area contributed by atoms with Crippen molar-refractivity contribution < 1.29 is 24.2 Å². The molecule has 0 aliphatic rings. The zero-order valence-corrected chi connectivity index (χ0v) is 11.0. The van der Waals surface area contributed by atoms with E-state index in [0.717, 1.165) is 6.07 Å². The van der Waals surface area contributed by atoms with E-state index in [1.807, 2.05) is 0 Å². The fourth-order valence-corrected chi connectivity index (χ4v) is 2.42. The first kappa shape index (κ1) is 14.7. The summed E-state index contributed by atoms with van der Waals surface area (Å²) in [4.78, 5) is 23.1. The van der Waals surface area contributed by atoms with Crippen molar-refractivity contribution in [2.75, 3.05) is 0 Å². The van der Waals surface area contributed by atoms with Gasteiger partial charge in [0, 0.05) is 5.56 Å². The Bertz CT molecular complexity index is 669. The van der Waals surface area contributed by atoms with Gasteiger partial charge in [0.1, 0.15) is 11.2 Å². The molecule has 0 bridgehead atoms. The van der Waals surface area contributed by atoms with E-state index < -0.39 is 29.6 Å². The first-order valence-corrected chi connectivity index (χ1v) is 6.24. The summed E-state index contributed by atoms with van der Waals surface area (Å²) in [5.41, 5.74) is -1.89. The van der Waals surface area contributed by atoms with Crippen LogP contribution in [0.1, 0.15) is 17.5 Å². The minimum absolute atomic E-state index is 0.161. The lowest BCUT2D eigenvalue weighted by Crippen LogP contribution is -2.40. The molecule has 21 heavy (non-hydrogen) atoms. The predicted octanol–water partition coefficient (Wildman–Crippen LogP) is 2.67. The Morgan fingerprint density at radius 2 is 1.52 bits per heavy atom. The molecule has 2 aromatic carbocycles. The van der Waals surface area contributed by atoms with Crippen molar-refractivity contribution in [2.24, 2.45) is 0 Å². The quantitative estimate of drug-likeness (QED) is 0.887. The Morgan fingerprint density at radius 3 is 2.05 bits per heavy atom. The van der Waals surface area contributed by atoms with Gasteiger partial charge < -0.3 is 10.2 Å². The van der Waals surface area contributed by atoms with Crippen LogP contribution >= 0.6 is 0 Å². The molecule has 0 amide bonds. The van der Waals surface area contributed by atoms with Crippen molar-refractivity contribution in [3.05, 3.63) is 71.5 Å². The molecular weight excluding hydrogens is 275 g/mol. The van der Waals surface area contributed by atoms with E-state index in [2.05, 4.69) is 0 Å². The average molecular weight is 288 g/mol. The summed E-state index contributed by atoms with van der Waals surface area (Å²) in [7, 11) is 0. The molecule has 1 atom stereocenters. The second-order valence-corrected chi connectivity index (χ2v) is 4.63. The number of hydrogen-bond donors (Lipinski definition) is 2. The number of carbonyl (C=O) groups is 2. The van der Waals surface area contributed by atoms with Crippen LogP contribution in [-0.2, 0) is 15.0 Å². The van der Waals surface area contributed by atoms with Gasteiger partial charge in [-0.05, 0) is 11.6 Å². The largest absolute Gasteiger partial charge is 0.481 e. The molecule has 2 rings (SSSR count). The highest BCUT2D eigenvalue weighted by Crippen LogP contribution is 2.37. The third kappa shape index (κ3) is 2.63. The van der Waals surface area contributed by atoms with Crippen LogP contribution in [0, 0.1) is 5.82 Å². The zero-order valence-electron chi connectivity index (χ0n) is 11.0. The number of carboxylic acids is 2. The average Bonchev–Trinajstić information content (AvgIpc) is 2.46. The molecule has 0 heterocycles. The van der Waals surface area contributed by atoms with Crippen LogP contribution in [0.4, 0.5) is 4.39 Å². The Hall–Kier alpha value is -2.69. The second-order valence-electron chi connectivity index (χ2n) is 4.63. The van der Waals surface area contributed by atoms with Gasteiger partial charge in [0.05, 0.1) is 6.42 Å². The van der Waals surface area contributed by atoms with Crippen LogP contribution < -0.4 is 0 Å². The molecule has 0 aliphatic carbocycles. The highest BCUT2D eigenvalue weighted by atomic mass is 19.1. The van der Waals surface area contributed by atoms with E-state index in [-0.39, 0.29) is 11.1 Å². The fraction of sp³-hybridized carbons (Fsp3) is 0.125. The Labute approximate surface area is 120 Å². The molecule has 2 N–H and O–H groups in total. The molecule has 0 fully saturated rings. The van der Waals surface area contributed by atoms with Gasteiger partial charge in [0.2, 0.25) is 0 Å². The predicted molar refractivity (Wildman–Crippen MR) is 73.5 cm³/mol. The van der Waals surface area contributed by atoms with Crippen LogP contribution in [0.5, 0.6) is 0 Å². The number of hydrogen-bond acceptors (Lipinski definition) is 2. The van der Waals surface area contributed by atoms with Crippen LogP contribution in [0.15, 0.2) is 54.6 Å².